The minimum absolute atomic E-state index is 0.00441. The Bertz CT molecular complexity index is 2760. The summed E-state index contributed by atoms with van der Waals surface area (Å²) in [5.74, 6) is -6.49. The number of ether oxygens (including phenoxy) is 5. The van der Waals surface area contributed by atoms with Gasteiger partial charge in [-0.05, 0) is 110 Å². The van der Waals surface area contributed by atoms with Crippen molar-refractivity contribution < 1.29 is 86.6 Å². The molecule has 8 atom stereocenters. The Kier molecular flexibility index (Phi) is 29.6. The zero-order chi connectivity index (χ0) is 66.3. The Morgan fingerprint density at radius 3 is 2.29 bits per heavy atom. The topological polar surface area (TPSA) is 405 Å². The lowest BCUT2D eigenvalue weighted by Gasteiger charge is -2.44. The first kappa shape index (κ1) is 74.4. The molecule has 0 radical (unpaired) electrons. The molecule has 3 unspecified atom stereocenters. The molecule has 496 valence electrons. The van der Waals surface area contributed by atoms with Crippen molar-refractivity contribution >= 4 is 94.3 Å². The van der Waals surface area contributed by atoms with E-state index in [1.165, 1.54) is 40.1 Å². The summed E-state index contributed by atoms with van der Waals surface area (Å²) < 4.78 is 29.5. The van der Waals surface area contributed by atoms with Crippen LogP contribution in [-0.4, -0.2) is 200 Å². The number of anilines is 1. The number of nitrogens with one attached hydrogen (secondary N) is 6. The molecule has 2 fully saturated rings. The number of hydrogen-bond acceptors (Lipinski definition) is 19. The zero-order valence-electron chi connectivity index (χ0n) is 52.1. The van der Waals surface area contributed by atoms with Crippen LogP contribution in [0.5, 0.6) is 5.75 Å². The molecule has 2 heterocycles. The molecule has 12 N–H and O–H groups in total. The number of unbranched alkanes of at least 4 members (excludes halogenated alkanes) is 1. The van der Waals surface area contributed by atoms with Gasteiger partial charge in [-0.3, -0.25) is 48.5 Å². The number of amides is 9. The summed E-state index contributed by atoms with van der Waals surface area (Å²) in [5.41, 5.74) is 9.04. The summed E-state index contributed by atoms with van der Waals surface area (Å²) in [7, 11) is 5.70. The van der Waals surface area contributed by atoms with Crippen LogP contribution in [0.2, 0.25) is 5.02 Å². The third-order valence-electron chi connectivity index (χ3n) is 15.8. The molecule has 30 heteroatoms. The van der Waals surface area contributed by atoms with Crippen molar-refractivity contribution in [1.82, 2.24) is 36.8 Å². The van der Waals surface area contributed by atoms with Crippen LogP contribution in [0, 0.1) is 11.8 Å². The number of alkyl carbamates (subject to hydrolysis) is 1. The molecule has 4 rings (SSSR count). The van der Waals surface area contributed by atoms with E-state index in [1.807, 2.05) is 13.0 Å². The molecular weight excluding hydrogens is 1200 g/mol. The Labute approximate surface area is 527 Å². The second kappa shape index (κ2) is 35.4. The molecule has 28 nitrogen and oxygen atoms in total. The maximum atomic E-state index is 14.4. The lowest BCUT2D eigenvalue weighted by molar-refractivity contribution is -0.203. The fraction of sp³-hybridized carbons (Fsp3) is 0.644. The van der Waals surface area contributed by atoms with Crippen LogP contribution >= 0.6 is 23.4 Å². The van der Waals surface area contributed by atoms with Crippen molar-refractivity contribution in [3.8, 4) is 5.75 Å². The number of allylic oxidation sites excluding steroid dienone is 3. The van der Waals surface area contributed by atoms with Crippen LogP contribution in [-0.2, 0) is 73.3 Å². The molecule has 0 aromatic heterocycles. The van der Waals surface area contributed by atoms with Crippen LogP contribution in [0.4, 0.5) is 10.5 Å². The first-order valence-corrected chi connectivity index (χ1v) is 30.9. The number of rotatable bonds is 27. The number of carbonyl (C=O) groups is 11. The third-order valence-corrected chi connectivity index (χ3v) is 17.4. The van der Waals surface area contributed by atoms with Crippen molar-refractivity contribution in [3.05, 3.63) is 46.5 Å². The summed E-state index contributed by atoms with van der Waals surface area (Å²) in [6.45, 7) is 7.46. The number of nitrogens with two attached hydrogens (primary N) is 2. The number of aliphatic hydroxyl groups is 1. The number of likely N-dealkylation sites (N-methyl/N-ethyl adjacent to an activating group) is 1. The molecule has 1 aromatic rings. The molecule has 1 aromatic carbocycles. The van der Waals surface area contributed by atoms with Crippen LogP contribution in [0.15, 0.2) is 35.9 Å². The number of fused-ring (bicyclic) bond motifs is 4. The second-order valence-electron chi connectivity index (χ2n) is 23.0. The van der Waals surface area contributed by atoms with Crippen molar-refractivity contribution in [3.63, 3.8) is 0 Å². The number of carbonyl (C=O) groups excluding carboxylic acids is 10. The van der Waals surface area contributed by atoms with Crippen LogP contribution in [0.1, 0.15) is 111 Å². The van der Waals surface area contributed by atoms with E-state index in [9.17, 15) is 63.0 Å². The summed E-state index contributed by atoms with van der Waals surface area (Å²) >= 11 is 7.79. The molecule has 1 aliphatic carbocycles. The predicted molar refractivity (Wildman–Crippen MR) is 328 cm³/mol. The number of methoxy groups -OCH3 is 2. The van der Waals surface area contributed by atoms with Crippen LogP contribution in [0.25, 0.3) is 0 Å². The maximum Gasteiger partial charge on any atom is 0.409 e. The minimum Gasteiger partial charge on any atom is -0.495 e. The minimum atomic E-state index is -1.95. The van der Waals surface area contributed by atoms with Crippen molar-refractivity contribution in [2.75, 3.05) is 71.7 Å². The van der Waals surface area contributed by atoms with Gasteiger partial charge in [-0.25, -0.2) is 9.59 Å². The van der Waals surface area contributed by atoms with Gasteiger partial charge in [-0.1, -0.05) is 35.4 Å². The van der Waals surface area contributed by atoms with E-state index in [1.54, 1.807) is 45.1 Å². The highest BCUT2D eigenvalue weighted by molar-refractivity contribution is 8.00. The maximum absolute atomic E-state index is 14.4. The lowest BCUT2D eigenvalue weighted by atomic mass is 9.81. The summed E-state index contributed by atoms with van der Waals surface area (Å²) in [6.07, 6.45) is 2.06. The monoisotopic (exact) mass is 1290 g/mol. The second-order valence-corrected chi connectivity index (χ2v) is 24.7. The molecule has 2 aliphatic heterocycles. The Morgan fingerprint density at radius 2 is 1.65 bits per heavy atom. The highest BCUT2D eigenvalue weighted by Crippen LogP contribution is 2.38. The average Bonchev–Trinajstić information content (AvgIpc) is 1.34. The van der Waals surface area contributed by atoms with Gasteiger partial charge in [0, 0.05) is 58.8 Å². The first-order chi connectivity index (χ1) is 41.9. The number of esters is 1. The number of halogens is 1. The lowest BCUT2D eigenvalue weighted by Crippen LogP contribution is -2.64. The Morgan fingerprint density at radius 1 is 0.978 bits per heavy atom. The number of thioether (sulfide) groups is 1. The quantitative estimate of drug-likeness (QED) is 0.0437. The van der Waals surface area contributed by atoms with Crippen molar-refractivity contribution in [1.29, 1.82) is 0 Å². The normalized spacial score (nSPS) is 24.0. The van der Waals surface area contributed by atoms with Gasteiger partial charge in [0.1, 0.15) is 46.8 Å². The van der Waals surface area contributed by atoms with Crippen molar-refractivity contribution in [2.24, 2.45) is 23.3 Å². The predicted octanol–water partition coefficient (Wildman–Crippen LogP) is 1.24. The fourth-order valence-electron chi connectivity index (χ4n) is 10.3. The smallest absolute Gasteiger partial charge is 0.409 e. The molecule has 3 aliphatic rings. The van der Waals surface area contributed by atoms with E-state index in [0.717, 1.165) is 27.8 Å². The molecule has 4 bridgehead atoms. The summed E-state index contributed by atoms with van der Waals surface area (Å²) in [6, 6.07) is 1.22. The van der Waals surface area contributed by atoms with Gasteiger partial charge in [-0.2, -0.15) is 0 Å². The first-order valence-electron chi connectivity index (χ1n) is 29.5. The molecular formula is C59H89ClN10O18S. The van der Waals surface area contributed by atoms with Gasteiger partial charge >= 0.3 is 18.0 Å². The highest BCUT2D eigenvalue weighted by Gasteiger charge is 2.49. The van der Waals surface area contributed by atoms with Crippen LogP contribution < -0.4 is 53.0 Å². The van der Waals surface area contributed by atoms with Gasteiger partial charge in [0.25, 0.3) is 0 Å². The Hall–Kier alpha value is -7.05. The average molecular weight is 1290 g/mol. The number of carboxylic acids is 1. The van der Waals surface area contributed by atoms with Gasteiger partial charge in [-0.15, -0.1) is 11.8 Å². The standard InChI is InChI=1S/C59H89ClN10O18S/c1-33-13-12-15-44(85-9)59(83)28-42(86-57(82)68-59)35(3)88-58(4,5)45(27-50(75)70(7)40-24-37(23-33)25-41(84-8)52(40)60)87-56(81)34(2)69(6)49(74)20-22-89-43(26-51(76)77)55(80)66-30-36-16-18-38(19-17-36)54(79)63-21-11-10-14-39(53(62)78)67-48(73)32-65-47(72)31-64-46(71)29-61/h12-13,15,24-25,34-36,38-39,42-45,83H,10-11,14,16-23,26-32,61H2,1-9H3,(H2,62,78)(H,63,79)(H,64,71)(H,65,72)(H,66,80)(H,67,73)(H,68,82)(H,76,77)/b15-12+,33-13+/t34-,35+,36?,38?,39?,42?,43?,44+,45-,59-/m0/s1. The van der Waals surface area contributed by atoms with Crippen molar-refractivity contribution in [2.45, 2.75) is 165 Å². The largest absolute Gasteiger partial charge is 0.495 e. The third kappa shape index (κ3) is 23.4. The Balaban J connectivity index is 1.32. The van der Waals surface area contributed by atoms with Gasteiger partial charge in [0.15, 0.2) is 5.72 Å². The van der Waals surface area contributed by atoms with E-state index >= 15 is 0 Å². The molecule has 9 amide bonds. The number of carboxylic acid groups (broad SMARTS) is 1. The fourth-order valence-corrected chi connectivity index (χ4v) is 11.6. The number of nitrogens with zero attached hydrogens (tertiary/aromatic N) is 2. The van der Waals surface area contributed by atoms with Gasteiger partial charge < -0.3 is 81.7 Å². The van der Waals surface area contributed by atoms with E-state index < -0.39 is 132 Å². The van der Waals surface area contributed by atoms with E-state index in [-0.39, 0.29) is 67.4 Å². The molecule has 89 heavy (non-hydrogen) atoms. The van der Waals surface area contributed by atoms with Gasteiger partial charge in [0.05, 0.1) is 56.6 Å². The number of hydrogen-bond donors (Lipinski definition) is 10. The van der Waals surface area contributed by atoms with E-state index in [2.05, 4.69) is 31.9 Å². The SMILES string of the molecule is COc1cc2cc(c1Cl)N(C)C(=O)C[C@H](OC(=O)[C@H](C)N(C)C(=O)CCSC(CC(=O)O)C(=O)NCC1CCC(C(=O)NCCCCC(NC(=O)CNC(=O)CNC(=O)CN)C(N)=O)CC1)C(C)(C)O[C@H](C)C1C[C@@](O)(NC(=O)O1)[C@H](OC)/C=C/C=C(\C)C2. The number of aliphatic carboxylic acids is 1. The zero-order valence-corrected chi connectivity index (χ0v) is 53.6. The van der Waals surface area contributed by atoms with Crippen LogP contribution in [0.3, 0.4) is 0 Å². The number of benzene rings is 1. The van der Waals surface area contributed by atoms with E-state index in [0.29, 0.717) is 62.9 Å². The molecule has 0 spiro atoms. The molecule has 1 saturated heterocycles. The number of primary amides is 1. The summed E-state index contributed by atoms with van der Waals surface area (Å²) in [5, 5.41) is 35.9. The highest BCUT2D eigenvalue weighted by atomic mass is 35.5. The summed E-state index contributed by atoms with van der Waals surface area (Å²) in [4.78, 5) is 143. The molecule has 1 saturated carbocycles. The van der Waals surface area contributed by atoms with Gasteiger partial charge in [0.2, 0.25) is 47.3 Å². The van der Waals surface area contributed by atoms with E-state index in [4.69, 9.17) is 46.8 Å².